The van der Waals surface area contributed by atoms with Crippen LogP contribution in [0.2, 0.25) is 0 Å². The number of carbonyl (C=O) groups excluding carboxylic acids is 1. The lowest BCUT2D eigenvalue weighted by molar-refractivity contribution is -0.119. The number of nitrogens with one attached hydrogen (secondary N) is 2. The summed E-state index contributed by atoms with van der Waals surface area (Å²) in [5.41, 5.74) is 0.343. The second-order valence-corrected chi connectivity index (χ2v) is 4.39. The van der Waals surface area contributed by atoms with Gasteiger partial charge in [0.05, 0.1) is 12.2 Å². The maximum absolute atomic E-state index is 13.7. The van der Waals surface area contributed by atoms with Crippen molar-refractivity contribution in [2.24, 2.45) is 5.92 Å². The highest BCUT2D eigenvalue weighted by atomic mass is 19.1. The molecule has 18 heavy (non-hydrogen) atoms. The molecule has 1 amide bonds. The first-order chi connectivity index (χ1) is 8.54. The average Bonchev–Trinajstić information content (AvgIpc) is 2.35. The van der Waals surface area contributed by atoms with Crippen LogP contribution in [-0.4, -0.2) is 29.0 Å². The minimum atomic E-state index is -0.489. The third kappa shape index (κ3) is 4.27. The van der Waals surface area contributed by atoms with E-state index in [1.165, 1.54) is 6.33 Å². The molecule has 0 atom stereocenters. The van der Waals surface area contributed by atoms with Gasteiger partial charge in [-0.1, -0.05) is 20.8 Å². The van der Waals surface area contributed by atoms with Crippen LogP contribution in [0.4, 0.5) is 10.2 Å². The molecule has 0 unspecified atom stereocenters. The minimum absolute atomic E-state index is 0.00378. The van der Waals surface area contributed by atoms with Crippen LogP contribution in [0.1, 0.15) is 26.5 Å². The van der Waals surface area contributed by atoms with Crippen molar-refractivity contribution in [2.45, 2.75) is 27.2 Å². The Hall–Kier alpha value is -1.72. The normalized spacial score (nSPS) is 10.5. The molecule has 6 heteroatoms. The van der Waals surface area contributed by atoms with Crippen LogP contribution in [0.15, 0.2) is 6.33 Å². The Bertz CT molecular complexity index is 409. The van der Waals surface area contributed by atoms with E-state index in [0.717, 1.165) is 0 Å². The summed E-state index contributed by atoms with van der Waals surface area (Å²) in [5, 5.41) is 5.41. The topological polar surface area (TPSA) is 66.9 Å². The van der Waals surface area contributed by atoms with Crippen LogP contribution in [0.3, 0.4) is 0 Å². The molecule has 0 fully saturated rings. The van der Waals surface area contributed by atoms with Gasteiger partial charge in [0.15, 0.2) is 11.6 Å². The lowest BCUT2D eigenvalue weighted by atomic mass is 10.2. The highest BCUT2D eigenvalue weighted by Crippen LogP contribution is 2.12. The maximum atomic E-state index is 13.7. The molecule has 0 saturated heterocycles. The lowest BCUT2D eigenvalue weighted by Gasteiger charge is -2.10. The van der Waals surface area contributed by atoms with Crippen molar-refractivity contribution in [3.05, 3.63) is 17.8 Å². The SMILES string of the molecule is CCc1ncnc(NCC(=O)NCC(C)C)c1F. The molecule has 1 aromatic rings. The molecular weight excluding hydrogens is 235 g/mol. The van der Waals surface area contributed by atoms with Gasteiger partial charge in [-0.2, -0.15) is 0 Å². The van der Waals surface area contributed by atoms with Gasteiger partial charge in [0.1, 0.15) is 6.33 Å². The Kier molecular flexibility index (Phi) is 5.48. The molecule has 0 aliphatic rings. The predicted octanol–water partition coefficient (Wildman–Crippen LogP) is 1.36. The molecule has 5 nitrogen and oxygen atoms in total. The van der Waals surface area contributed by atoms with Gasteiger partial charge in [-0.15, -0.1) is 0 Å². The molecule has 1 aromatic heterocycles. The van der Waals surface area contributed by atoms with E-state index in [1.807, 2.05) is 20.8 Å². The summed E-state index contributed by atoms with van der Waals surface area (Å²) in [6.45, 7) is 6.43. The number of rotatable bonds is 6. The van der Waals surface area contributed by atoms with Gasteiger partial charge in [0.25, 0.3) is 0 Å². The van der Waals surface area contributed by atoms with Gasteiger partial charge in [-0.3, -0.25) is 4.79 Å². The fourth-order valence-corrected chi connectivity index (χ4v) is 1.32. The van der Waals surface area contributed by atoms with Crippen molar-refractivity contribution >= 4 is 11.7 Å². The highest BCUT2D eigenvalue weighted by molar-refractivity contribution is 5.80. The van der Waals surface area contributed by atoms with Crippen LogP contribution >= 0.6 is 0 Å². The van der Waals surface area contributed by atoms with Crippen LogP contribution in [-0.2, 0) is 11.2 Å². The van der Waals surface area contributed by atoms with Crippen molar-refractivity contribution in [2.75, 3.05) is 18.4 Å². The molecule has 0 aliphatic heterocycles. The summed E-state index contributed by atoms with van der Waals surface area (Å²) < 4.78 is 13.7. The standard InChI is InChI=1S/C12H19FN4O/c1-4-9-11(13)12(17-7-16-9)15-6-10(18)14-5-8(2)3/h7-8H,4-6H2,1-3H3,(H,14,18)(H,15,16,17). The summed E-state index contributed by atoms with van der Waals surface area (Å²) in [6.07, 6.45) is 1.78. The number of nitrogens with zero attached hydrogens (tertiary/aromatic N) is 2. The van der Waals surface area contributed by atoms with E-state index in [4.69, 9.17) is 0 Å². The molecule has 0 aliphatic carbocycles. The monoisotopic (exact) mass is 254 g/mol. The lowest BCUT2D eigenvalue weighted by Crippen LogP contribution is -2.32. The Morgan fingerprint density at radius 3 is 2.78 bits per heavy atom. The van der Waals surface area contributed by atoms with Crippen LogP contribution in [0, 0.1) is 11.7 Å². The van der Waals surface area contributed by atoms with Crippen LogP contribution in [0.25, 0.3) is 0 Å². The number of hydrogen-bond donors (Lipinski definition) is 2. The zero-order chi connectivity index (χ0) is 13.5. The number of aromatic nitrogens is 2. The molecule has 0 spiro atoms. The van der Waals surface area contributed by atoms with Crippen LogP contribution < -0.4 is 10.6 Å². The molecule has 1 rings (SSSR count). The first kappa shape index (κ1) is 14.3. The predicted molar refractivity (Wildman–Crippen MR) is 67.7 cm³/mol. The molecule has 1 heterocycles. The van der Waals surface area contributed by atoms with Gasteiger partial charge in [0, 0.05) is 6.54 Å². The third-order valence-electron chi connectivity index (χ3n) is 2.32. The molecule has 100 valence electrons. The van der Waals surface area contributed by atoms with Gasteiger partial charge in [0.2, 0.25) is 5.91 Å². The first-order valence-corrected chi connectivity index (χ1v) is 6.04. The van der Waals surface area contributed by atoms with Crippen molar-refractivity contribution in [3.63, 3.8) is 0 Å². The maximum Gasteiger partial charge on any atom is 0.239 e. The largest absolute Gasteiger partial charge is 0.358 e. The smallest absolute Gasteiger partial charge is 0.239 e. The van der Waals surface area contributed by atoms with Crippen molar-refractivity contribution in [1.82, 2.24) is 15.3 Å². The molecule has 0 saturated carbocycles. The molecule has 0 aromatic carbocycles. The quantitative estimate of drug-likeness (QED) is 0.804. The number of anilines is 1. The highest BCUT2D eigenvalue weighted by Gasteiger charge is 2.10. The Labute approximate surface area is 106 Å². The van der Waals surface area contributed by atoms with E-state index < -0.39 is 5.82 Å². The van der Waals surface area contributed by atoms with Gasteiger partial charge < -0.3 is 10.6 Å². The van der Waals surface area contributed by atoms with E-state index in [9.17, 15) is 9.18 Å². The summed E-state index contributed by atoms with van der Waals surface area (Å²) in [5.74, 6) is -0.214. The molecular formula is C12H19FN4O. The minimum Gasteiger partial charge on any atom is -0.358 e. The van der Waals surface area contributed by atoms with Crippen molar-refractivity contribution in [1.29, 1.82) is 0 Å². The summed E-state index contributed by atoms with van der Waals surface area (Å²) >= 11 is 0. The zero-order valence-electron chi connectivity index (χ0n) is 11.0. The summed E-state index contributed by atoms with van der Waals surface area (Å²) in [7, 11) is 0. The van der Waals surface area contributed by atoms with Crippen LogP contribution in [0.5, 0.6) is 0 Å². The number of carbonyl (C=O) groups is 1. The Balaban J connectivity index is 2.51. The summed E-state index contributed by atoms with van der Waals surface area (Å²) in [6, 6.07) is 0. The van der Waals surface area contributed by atoms with E-state index in [-0.39, 0.29) is 18.3 Å². The number of hydrogen-bond acceptors (Lipinski definition) is 4. The van der Waals surface area contributed by atoms with Crippen molar-refractivity contribution in [3.8, 4) is 0 Å². The second-order valence-electron chi connectivity index (χ2n) is 4.39. The molecule has 2 N–H and O–H groups in total. The van der Waals surface area contributed by atoms with E-state index in [2.05, 4.69) is 20.6 Å². The van der Waals surface area contributed by atoms with Crippen molar-refractivity contribution < 1.29 is 9.18 Å². The molecule has 0 radical (unpaired) electrons. The average molecular weight is 254 g/mol. The Morgan fingerprint density at radius 1 is 1.44 bits per heavy atom. The van der Waals surface area contributed by atoms with Gasteiger partial charge in [-0.05, 0) is 12.3 Å². The Morgan fingerprint density at radius 2 is 2.17 bits per heavy atom. The fourth-order valence-electron chi connectivity index (χ4n) is 1.32. The zero-order valence-corrected chi connectivity index (χ0v) is 11.0. The number of amides is 1. The first-order valence-electron chi connectivity index (χ1n) is 6.04. The van der Waals surface area contributed by atoms with E-state index in [1.54, 1.807) is 0 Å². The van der Waals surface area contributed by atoms with Gasteiger partial charge in [-0.25, -0.2) is 14.4 Å². The second kappa shape index (κ2) is 6.88. The number of aryl methyl sites for hydroxylation is 1. The summed E-state index contributed by atoms with van der Waals surface area (Å²) in [4.78, 5) is 19.0. The number of halogens is 1. The molecule has 0 bridgehead atoms. The fraction of sp³-hybridized carbons (Fsp3) is 0.583. The third-order valence-corrected chi connectivity index (χ3v) is 2.32. The van der Waals surface area contributed by atoms with E-state index in [0.29, 0.717) is 24.6 Å². The van der Waals surface area contributed by atoms with Gasteiger partial charge >= 0.3 is 0 Å². The van der Waals surface area contributed by atoms with E-state index >= 15 is 0 Å².